The highest BCUT2D eigenvalue weighted by Gasteiger charge is 2.23. The molecular formula is C11H12N4O4S. The molecule has 0 fully saturated rings. The minimum atomic E-state index is -3.92. The zero-order chi connectivity index (χ0) is 14.9. The van der Waals surface area contributed by atoms with E-state index in [1.54, 1.807) is 13.2 Å². The number of aromatic nitrogens is 2. The van der Waals surface area contributed by atoms with Crippen molar-refractivity contribution in [1.82, 2.24) is 9.78 Å². The third kappa shape index (κ3) is 2.62. The van der Waals surface area contributed by atoms with Gasteiger partial charge in [-0.25, -0.2) is 8.42 Å². The fourth-order valence-corrected chi connectivity index (χ4v) is 3.01. The average Bonchev–Trinajstić information content (AvgIpc) is 2.73. The number of anilines is 1. The van der Waals surface area contributed by atoms with Gasteiger partial charge >= 0.3 is 0 Å². The Morgan fingerprint density at radius 1 is 1.35 bits per heavy atom. The van der Waals surface area contributed by atoms with Crippen molar-refractivity contribution in [2.24, 2.45) is 7.05 Å². The van der Waals surface area contributed by atoms with Gasteiger partial charge in [0.2, 0.25) is 0 Å². The van der Waals surface area contributed by atoms with Gasteiger partial charge in [0.05, 0.1) is 9.82 Å². The van der Waals surface area contributed by atoms with Crippen LogP contribution in [-0.4, -0.2) is 23.1 Å². The molecule has 0 saturated carbocycles. The molecule has 8 nitrogen and oxygen atoms in total. The summed E-state index contributed by atoms with van der Waals surface area (Å²) in [6.45, 7) is 1.39. The van der Waals surface area contributed by atoms with Crippen LogP contribution in [-0.2, 0) is 17.1 Å². The van der Waals surface area contributed by atoms with E-state index in [0.29, 0.717) is 0 Å². The monoisotopic (exact) mass is 296 g/mol. The molecule has 0 aliphatic heterocycles. The van der Waals surface area contributed by atoms with Crippen molar-refractivity contribution in [3.8, 4) is 0 Å². The molecule has 1 heterocycles. The van der Waals surface area contributed by atoms with E-state index in [0.717, 1.165) is 0 Å². The quantitative estimate of drug-likeness (QED) is 0.678. The fourth-order valence-electron chi connectivity index (χ4n) is 1.75. The van der Waals surface area contributed by atoms with E-state index in [4.69, 9.17) is 0 Å². The lowest BCUT2D eigenvalue weighted by atomic mass is 10.2. The number of nitrogens with one attached hydrogen (secondary N) is 1. The topological polar surface area (TPSA) is 107 Å². The molecule has 9 heteroatoms. The Hall–Kier alpha value is -2.42. The maximum Gasteiger partial charge on any atom is 0.273 e. The molecule has 0 amide bonds. The molecule has 1 N–H and O–H groups in total. The second kappa shape index (κ2) is 4.93. The number of nitro benzene ring substituents is 1. The summed E-state index contributed by atoms with van der Waals surface area (Å²) in [6, 6.07) is 5.39. The fraction of sp³-hybridized carbons (Fsp3) is 0.182. The smallest absolute Gasteiger partial charge is 0.273 e. The van der Waals surface area contributed by atoms with Gasteiger partial charge in [-0.1, -0.05) is 6.07 Å². The lowest BCUT2D eigenvalue weighted by molar-refractivity contribution is -0.385. The number of nitrogens with zero attached hydrogens (tertiary/aromatic N) is 3. The molecular weight excluding hydrogens is 284 g/mol. The van der Waals surface area contributed by atoms with Crippen LogP contribution >= 0.6 is 0 Å². The average molecular weight is 296 g/mol. The Morgan fingerprint density at radius 3 is 2.60 bits per heavy atom. The number of benzene rings is 1. The van der Waals surface area contributed by atoms with E-state index in [1.165, 1.54) is 35.9 Å². The molecule has 0 unspecified atom stereocenters. The highest BCUT2D eigenvalue weighted by Crippen LogP contribution is 2.25. The third-order valence-electron chi connectivity index (χ3n) is 2.69. The Balaban J connectivity index is 2.44. The minimum Gasteiger partial charge on any atom is -0.274 e. The van der Waals surface area contributed by atoms with Crippen LogP contribution < -0.4 is 4.72 Å². The first-order valence-electron chi connectivity index (χ1n) is 5.58. The summed E-state index contributed by atoms with van der Waals surface area (Å²) in [4.78, 5) is 10.1. The minimum absolute atomic E-state index is 0.0842. The van der Waals surface area contributed by atoms with Crippen LogP contribution in [0.3, 0.4) is 0 Å². The van der Waals surface area contributed by atoms with Crippen LogP contribution in [0.25, 0.3) is 0 Å². The van der Waals surface area contributed by atoms with Gasteiger partial charge in [0.1, 0.15) is 0 Å². The molecule has 1 aromatic heterocycles. The molecule has 0 radical (unpaired) electrons. The number of aryl methyl sites for hydroxylation is 1. The lowest BCUT2D eigenvalue weighted by Gasteiger charge is -2.08. The Bertz CT molecular complexity index is 766. The second-order valence-electron chi connectivity index (χ2n) is 4.14. The summed E-state index contributed by atoms with van der Waals surface area (Å²) in [5.74, 6) is 0.151. The zero-order valence-corrected chi connectivity index (χ0v) is 11.6. The maximum atomic E-state index is 12.2. The van der Waals surface area contributed by atoms with E-state index < -0.39 is 14.9 Å². The van der Waals surface area contributed by atoms with Crippen molar-refractivity contribution >= 4 is 21.5 Å². The number of sulfonamides is 1. The van der Waals surface area contributed by atoms with Gasteiger partial charge in [0.25, 0.3) is 15.7 Å². The van der Waals surface area contributed by atoms with Crippen LogP contribution in [0.1, 0.15) is 5.56 Å². The van der Waals surface area contributed by atoms with Crippen LogP contribution in [0.2, 0.25) is 0 Å². The maximum absolute atomic E-state index is 12.2. The van der Waals surface area contributed by atoms with Crippen molar-refractivity contribution in [3.05, 3.63) is 46.1 Å². The summed E-state index contributed by atoms with van der Waals surface area (Å²) in [5.41, 5.74) is -0.158. The normalized spacial score (nSPS) is 11.3. The van der Waals surface area contributed by atoms with Gasteiger partial charge < -0.3 is 0 Å². The summed E-state index contributed by atoms with van der Waals surface area (Å²) < 4.78 is 28.2. The zero-order valence-electron chi connectivity index (χ0n) is 10.8. The summed E-state index contributed by atoms with van der Waals surface area (Å²) >= 11 is 0. The molecule has 0 aliphatic rings. The third-order valence-corrected chi connectivity index (χ3v) is 4.19. The number of rotatable bonds is 4. The van der Waals surface area contributed by atoms with E-state index in [1.807, 2.05) is 0 Å². The molecule has 1 aromatic carbocycles. The van der Waals surface area contributed by atoms with Gasteiger partial charge in [0, 0.05) is 30.9 Å². The van der Waals surface area contributed by atoms with Crippen LogP contribution in [0.4, 0.5) is 11.5 Å². The predicted molar refractivity (Wildman–Crippen MR) is 71.8 cm³/mol. The summed E-state index contributed by atoms with van der Waals surface area (Å²) in [7, 11) is -2.27. The van der Waals surface area contributed by atoms with E-state index >= 15 is 0 Å². The van der Waals surface area contributed by atoms with Crippen molar-refractivity contribution in [1.29, 1.82) is 0 Å². The first-order valence-corrected chi connectivity index (χ1v) is 7.06. The molecule has 0 spiro atoms. The van der Waals surface area contributed by atoms with Crippen molar-refractivity contribution in [2.75, 3.05) is 4.72 Å². The Kier molecular flexibility index (Phi) is 3.45. The van der Waals surface area contributed by atoms with E-state index in [-0.39, 0.29) is 22.0 Å². The highest BCUT2D eigenvalue weighted by atomic mass is 32.2. The van der Waals surface area contributed by atoms with Crippen LogP contribution in [0.15, 0.2) is 35.4 Å². The van der Waals surface area contributed by atoms with Crippen molar-refractivity contribution < 1.29 is 13.3 Å². The van der Waals surface area contributed by atoms with Gasteiger partial charge in [-0.15, -0.1) is 0 Å². The second-order valence-corrected chi connectivity index (χ2v) is 5.79. The van der Waals surface area contributed by atoms with Crippen molar-refractivity contribution in [2.45, 2.75) is 11.8 Å². The molecule has 2 aromatic rings. The molecule has 20 heavy (non-hydrogen) atoms. The lowest BCUT2D eigenvalue weighted by Crippen LogP contribution is -2.15. The summed E-state index contributed by atoms with van der Waals surface area (Å²) in [6.07, 6.45) is 1.58. The Labute approximate surface area is 115 Å². The van der Waals surface area contributed by atoms with Crippen LogP contribution in [0.5, 0.6) is 0 Å². The summed E-state index contributed by atoms with van der Waals surface area (Å²) in [5, 5.41) is 14.7. The molecule has 0 saturated heterocycles. The predicted octanol–water partition coefficient (Wildman–Crippen LogP) is 1.44. The Morgan fingerprint density at radius 2 is 2.05 bits per heavy atom. The van der Waals surface area contributed by atoms with Crippen molar-refractivity contribution in [3.63, 3.8) is 0 Å². The number of nitro groups is 1. The first kappa shape index (κ1) is 14.0. The van der Waals surface area contributed by atoms with Gasteiger partial charge in [0.15, 0.2) is 5.82 Å². The van der Waals surface area contributed by atoms with Gasteiger partial charge in [-0.2, -0.15) is 5.10 Å². The number of hydrogen-bond acceptors (Lipinski definition) is 5. The van der Waals surface area contributed by atoms with E-state index in [2.05, 4.69) is 9.82 Å². The number of hydrogen-bond donors (Lipinski definition) is 1. The SMILES string of the molecule is Cc1c([N+](=O)[O-])cccc1S(=O)(=O)Nc1ccn(C)n1. The molecule has 0 bridgehead atoms. The largest absolute Gasteiger partial charge is 0.274 e. The molecule has 0 aliphatic carbocycles. The standard InChI is InChI=1S/C11H12N4O4S/c1-8-9(15(16)17)4-3-5-10(8)20(18,19)13-11-6-7-14(2)12-11/h3-7H,1-2H3,(H,12,13). The molecule has 106 valence electrons. The molecule has 0 atom stereocenters. The first-order chi connectivity index (χ1) is 9.31. The highest BCUT2D eigenvalue weighted by molar-refractivity contribution is 7.92. The van der Waals surface area contributed by atoms with Gasteiger partial charge in [-0.05, 0) is 13.0 Å². The van der Waals surface area contributed by atoms with Crippen LogP contribution in [0, 0.1) is 17.0 Å². The van der Waals surface area contributed by atoms with E-state index in [9.17, 15) is 18.5 Å². The molecule has 2 rings (SSSR count). The van der Waals surface area contributed by atoms with Gasteiger partial charge in [-0.3, -0.25) is 19.5 Å².